The second kappa shape index (κ2) is 10.1. The third-order valence-corrected chi connectivity index (χ3v) is 6.44. The van der Waals surface area contributed by atoms with Crippen molar-refractivity contribution in [1.82, 2.24) is 10.2 Å². The van der Waals surface area contributed by atoms with Crippen LogP contribution >= 0.6 is 12.4 Å². The highest BCUT2D eigenvalue weighted by Crippen LogP contribution is 2.30. The highest BCUT2D eigenvalue weighted by molar-refractivity contribution is 8.00. The van der Waals surface area contributed by atoms with Gasteiger partial charge in [-0.15, -0.1) is 12.4 Å². The molecular formula is C21H24ClFN2O4S. The summed E-state index contributed by atoms with van der Waals surface area (Å²) in [4.78, 5) is 14.6. The summed E-state index contributed by atoms with van der Waals surface area (Å²) < 4.78 is 44.0. The zero-order chi connectivity index (χ0) is 21.0. The van der Waals surface area contributed by atoms with Gasteiger partial charge in [-0.3, -0.25) is 4.79 Å². The van der Waals surface area contributed by atoms with E-state index in [1.54, 1.807) is 42.5 Å². The first-order chi connectivity index (χ1) is 13.8. The van der Waals surface area contributed by atoms with Crippen LogP contribution in [-0.4, -0.2) is 52.2 Å². The molecule has 2 aromatic carbocycles. The van der Waals surface area contributed by atoms with Crippen LogP contribution in [0.15, 0.2) is 60.4 Å². The normalized spacial score (nSPS) is 16.4. The maximum Gasteiger partial charge on any atom is 0.287 e. The number of hydrogen-bond acceptors (Lipinski definition) is 5. The summed E-state index contributed by atoms with van der Waals surface area (Å²) in [7, 11) is 0.0464. The van der Waals surface area contributed by atoms with Crippen LogP contribution < -0.4 is 5.32 Å². The van der Waals surface area contributed by atoms with Crippen molar-refractivity contribution in [3.8, 4) is 0 Å². The fraction of sp³-hybridized carbons (Fsp3) is 0.286. The van der Waals surface area contributed by atoms with E-state index in [1.165, 1.54) is 12.1 Å². The molecule has 1 heterocycles. The first-order valence-corrected chi connectivity index (χ1v) is 10.8. The molecule has 0 radical (unpaired) electrons. The summed E-state index contributed by atoms with van der Waals surface area (Å²) >= 11 is 0. The summed E-state index contributed by atoms with van der Waals surface area (Å²) in [6, 6.07) is 14.3. The van der Waals surface area contributed by atoms with Crippen LogP contribution in [0.3, 0.4) is 0 Å². The molecule has 0 spiro atoms. The van der Waals surface area contributed by atoms with Gasteiger partial charge in [0.05, 0.1) is 11.8 Å². The van der Waals surface area contributed by atoms with Gasteiger partial charge < -0.3 is 15.0 Å². The first-order valence-electron chi connectivity index (χ1n) is 9.15. The van der Waals surface area contributed by atoms with Crippen molar-refractivity contribution >= 4 is 33.1 Å². The lowest BCUT2D eigenvalue weighted by Crippen LogP contribution is -2.37. The van der Waals surface area contributed by atoms with Crippen LogP contribution in [-0.2, 0) is 19.4 Å². The van der Waals surface area contributed by atoms with E-state index in [9.17, 15) is 17.6 Å². The number of likely N-dealkylation sites (N-methyl/N-ethyl adjacent to an activating group) is 1. The molecular weight excluding hydrogens is 431 g/mol. The zero-order valence-corrected chi connectivity index (χ0v) is 18.3. The van der Waals surface area contributed by atoms with E-state index in [0.717, 1.165) is 5.56 Å². The van der Waals surface area contributed by atoms with Crippen molar-refractivity contribution in [2.45, 2.75) is 6.04 Å². The average molecular weight is 455 g/mol. The van der Waals surface area contributed by atoms with Crippen LogP contribution in [0, 0.1) is 5.82 Å². The van der Waals surface area contributed by atoms with Gasteiger partial charge in [-0.1, -0.05) is 42.5 Å². The summed E-state index contributed by atoms with van der Waals surface area (Å²) in [5, 5.41) is 2.76. The maximum atomic E-state index is 13.2. The standard InChI is InChI=1S/C21H23FN2O4S.ClH/c1-24(2)18(15-8-10-17(22)11-9-15)14-23-21(25)19-20(16-6-4-3-5-7-16)29(26,27)13-12-28-19;/h3-11,18H,12-14H2,1-2H3,(H,23,25);1H. The van der Waals surface area contributed by atoms with Crippen LogP contribution in [0.1, 0.15) is 17.2 Å². The SMILES string of the molecule is CN(C)C(CNC(=O)C1=C(c2ccccc2)S(=O)(=O)CCO1)c1ccc(F)cc1.Cl. The first kappa shape index (κ1) is 23.9. The number of carbonyl (C=O) groups is 1. The molecule has 1 atom stereocenters. The molecule has 30 heavy (non-hydrogen) atoms. The Labute approximate surface area is 182 Å². The Morgan fingerprint density at radius 2 is 1.77 bits per heavy atom. The Hall–Kier alpha value is -2.42. The second-order valence-electron chi connectivity index (χ2n) is 6.93. The van der Waals surface area contributed by atoms with Gasteiger partial charge in [0, 0.05) is 6.54 Å². The average Bonchev–Trinajstić information content (AvgIpc) is 2.69. The van der Waals surface area contributed by atoms with E-state index < -0.39 is 15.7 Å². The molecule has 9 heteroatoms. The van der Waals surface area contributed by atoms with Gasteiger partial charge in [0.25, 0.3) is 5.91 Å². The minimum Gasteiger partial charge on any atom is -0.486 e. The maximum absolute atomic E-state index is 13.2. The lowest BCUT2D eigenvalue weighted by atomic mass is 10.1. The zero-order valence-electron chi connectivity index (χ0n) is 16.7. The highest BCUT2D eigenvalue weighted by Gasteiger charge is 2.33. The quantitative estimate of drug-likeness (QED) is 0.726. The van der Waals surface area contributed by atoms with E-state index in [1.807, 2.05) is 19.0 Å². The molecule has 0 saturated heterocycles. The molecule has 1 unspecified atom stereocenters. The summed E-state index contributed by atoms with van der Waals surface area (Å²) in [6.07, 6.45) is 0. The highest BCUT2D eigenvalue weighted by atomic mass is 35.5. The molecule has 2 aromatic rings. The number of halogens is 2. The number of rotatable bonds is 6. The molecule has 1 aliphatic rings. The van der Waals surface area contributed by atoms with Crippen LogP contribution in [0.2, 0.25) is 0 Å². The van der Waals surface area contributed by atoms with E-state index in [4.69, 9.17) is 4.74 Å². The molecule has 1 aliphatic heterocycles. The van der Waals surface area contributed by atoms with Crippen molar-refractivity contribution in [1.29, 1.82) is 0 Å². The van der Waals surface area contributed by atoms with Gasteiger partial charge in [0.15, 0.2) is 9.84 Å². The molecule has 0 fully saturated rings. The van der Waals surface area contributed by atoms with Crippen LogP contribution in [0.25, 0.3) is 4.91 Å². The Bertz CT molecular complexity index is 1010. The Morgan fingerprint density at radius 1 is 1.13 bits per heavy atom. The lowest BCUT2D eigenvalue weighted by molar-refractivity contribution is -0.121. The smallest absolute Gasteiger partial charge is 0.287 e. The summed E-state index contributed by atoms with van der Waals surface area (Å²) in [6.45, 7) is 0.128. The van der Waals surface area contributed by atoms with Crippen molar-refractivity contribution in [2.24, 2.45) is 0 Å². The van der Waals surface area contributed by atoms with E-state index in [2.05, 4.69) is 5.32 Å². The number of amides is 1. The number of sulfone groups is 1. The summed E-state index contributed by atoms with van der Waals surface area (Å²) in [5.41, 5.74) is 1.24. The number of benzene rings is 2. The van der Waals surface area contributed by atoms with E-state index in [0.29, 0.717) is 5.56 Å². The van der Waals surface area contributed by atoms with Gasteiger partial charge in [0.1, 0.15) is 17.3 Å². The lowest BCUT2D eigenvalue weighted by Gasteiger charge is -2.26. The fourth-order valence-corrected chi connectivity index (χ4v) is 4.62. The topological polar surface area (TPSA) is 75.7 Å². The molecule has 0 bridgehead atoms. The fourth-order valence-electron chi connectivity index (χ4n) is 3.18. The molecule has 0 aliphatic carbocycles. The number of nitrogens with zero attached hydrogens (tertiary/aromatic N) is 1. The molecule has 3 rings (SSSR count). The predicted octanol–water partition coefficient (Wildman–Crippen LogP) is 2.78. The molecule has 1 N–H and O–H groups in total. The molecule has 0 saturated carbocycles. The number of nitrogens with one attached hydrogen (secondary N) is 1. The van der Waals surface area contributed by atoms with Gasteiger partial charge in [-0.2, -0.15) is 0 Å². The monoisotopic (exact) mass is 454 g/mol. The number of carbonyl (C=O) groups excluding carboxylic acids is 1. The van der Waals surface area contributed by atoms with Gasteiger partial charge in [0.2, 0.25) is 5.76 Å². The third-order valence-electron chi connectivity index (χ3n) is 4.69. The largest absolute Gasteiger partial charge is 0.486 e. The number of ether oxygens (including phenoxy) is 1. The Kier molecular flexibility index (Phi) is 8.00. The molecule has 6 nitrogen and oxygen atoms in total. The summed E-state index contributed by atoms with van der Waals surface area (Å²) in [5.74, 6) is -1.31. The third kappa shape index (κ3) is 5.38. The van der Waals surface area contributed by atoms with Crippen LogP contribution in [0.5, 0.6) is 0 Å². The van der Waals surface area contributed by atoms with E-state index >= 15 is 0 Å². The molecule has 162 valence electrons. The van der Waals surface area contributed by atoms with Crippen molar-refractivity contribution < 1.29 is 22.3 Å². The molecule has 1 amide bonds. The number of hydrogen-bond donors (Lipinski definition) is 1. The van der Waals surface area contributed by atoms with E-state index in [-0.39, 0.29) is 53.8 Å². The minimum atomic E-state index is -3.64. The second-order valence-corrected chi connectivity index (χ2v) is 8.98. The molecule has 0 aromatic heterocycles. The van der Waals surface area contributed by atoms with Crippen LogP contribution in [0.4, 0.5) is 4.39 Å². The Morgan fingerprint density at radius 3 is 2.37 bits per heavy atom. The van der Waals surface area contributed by atoms with Gasteiger partial charge in [-0.05, 0) is 37.4 Å². The predicted molar refractivity (Wildman–Crippen MR) is 116 cm³/mol. The van der Waals surface area contributed by atoms with Gasteiger partial charge >= 0.3 is 0 Å². The van der Waals surface area contributed by atoms with Gasteiger partial charge in [-0.25, -0.2) is 12.8 Å². The van der Waals surface area contributed by atoms with Crippen molar-refractivity contribution in [3.05, 3.63) is 77.3 Å². The van der Waals surface area contributed by atoms with Crippen molar-refractivity contribution in [2.75, 3.05) is 33.0 Å². The minimum absolute atomic E-state index is 0. The Balaban J connectivity index is 0.00000320. The van der Waals surface area contributed by atoms with Crippen molar-refractivity contribution in [3.63, 3.8) is 0 Å².